The summed E-state index contributed by atoms with van der Waals surface area (Å²) in [6.45, 7) is 3.17. The molecule has 2 N–H and O–H groups in total. The van der Waals surface area contributed by atoms with Gasteiger partial charge in [-0.1, -0.05) is 25.0 Å². The van der Waals surface area contributed by atoms with E-state index in [1.165, 1.54) is 49.7 Å². The van der Waals surface area contributed by atoms with E-state index in [1.807, 2.05) is 6.07 Å². The Morgan fingerprint density at radius 1 is 1.24 bits per heavy atom. The first-order valence-corrected chi connectivity index (χ1v) is 8.50. The van der Waals surface area contributed by atoms with Crippen LogP contribution in [-0.2, 0) is 17.7 Å². The van der Waals surface area contributed by atoms with Gasteiger partial charge in [-0.3, -0.25) is 4.90 Å². The number of ether oxygens (including phenoxy) is 1. The number of nitrogen functional groups attached to an aromatic ring is 1. The smallest absolute Gasteiger partial charge is 0.0697 e. The fourth-order valence-corrected chi connectivity index (χ4v) is 4.65. The summed E-state index contributed by atoms with van der Waals surface area (Å²) in [4.78, 5) is 2.68. The van der Waals surface area contributed by atoms with Crippen LogP contribution in [0.5, 0.6) is 0 Å². The van der Waals surface area contributed by atoms with Crippen molar-refractivity contribution >= 4 is 5.69 Å². The predicted molar refractivity (Wildman–Crippen MR) is 85.1 cm³/mol. The molecule has 1 spiro atoms. The molecule has 1 atom stereocenters. The minimum atomic E-state index is 0.221. The van der Waals surface area contributed by atoms with E-state index >= 15 is 0 Å². The standard InChI is InChI=1S/C18H26N2O/c19-17-5-3-4-14-13-20(10-6-16(14)17)15-7-11-21-18(12-15)8-1-2-9-18/h3-5,15H,1-2,6-13,19H2. The molecule has 0 amide bonds. The number of nitrogens with zero attached hydrogens (tertiary/aromatic N) is 1. The van der Waals surface area contributed by atoms with Gasteiger partial charge in [-0.15, -0.1) is 0 Å². The van der Waals surface area contributed by atoms with Gasteiger partial charge in [0, 0.05) is 31.4 Å². The fraction of sp³-hybridized carbons (Fsp3) is 0.667. The minimum absolute atomic E-state index is 0.221. The first-order valence-electron chi connectivity index (χ1n) is 8.50. The van der Waals surface area contributed by atoms with Crippen LogP contribution in [0, 0.1) is 0 Å². The molecule has 1 aromatic carbocycles. The number of hydrogen-bond acceptors (Lipinski definition) is 3. The zero-order valence-corrected chi connectivity index (χ0v) is 12.8. The molecule has 1 saturated carbocycles. The number of fused-ring (bicyclic) bond motifs is 1. The molecule has 1 saturated heterocycles. The molecule has 2 aliphatic heterocycles. The molecule has 2 fully saturated rings. The van der Waals surface area contributed by atoms with Gasteiger partial charge in [0.15, 0.2) is 0 Å². The Balaban J connectivity index is 1.50. The van der Waals surface area contributed by atoms with E-state index in [2.05, 4.69) is 17.0 Å². The van der Waals surface area contributed by atoms with Crippen molar-refractivity contribution < 1.29 is 4.74 Å². The van der Waals surface area contributed by atoms with Crippen LogP contribution in [0.2, 0.25) is 0 Å². The van der Waals surface area contributed by atoms with Crippen molar-refractivity contribution in [2.45, 2.75) is 63.1 Å². The zero-order valence-electron chi connectivity index (χ0n) is 12.8. The van der Waals surface area contributed by atoms with E-state index in [9.17, 15) is 0 Å². The second-order valence-electron chi connectivity index (χ2n) is 7.09. The van der Waals surface area contributed by atoms with Crippen LogP contribution in [0.25, 0.3) is 0 Å². The van der Waals surface area contributed by atoms with Crippen molar-refractivity contribution in [2.75, 3.05) is 18.9 Å². The van der Waals surface area contributed by atoms with E-state index in [-0.39, 0.29) is 5.60 Å². The lowest BCUT2D eigenvalue weighted by Gasteiger charge is -2.44. The predicted octanol–water partition coefficient (Wildman–Crippen LogP) is 3.12. The van der Waals surface area contributed by atoms with Gasteiger partial charge in [-0.2, -0.15) is 0 Å². The summed E-state index contributed by atoms with van der Waals surface area (Å²) >= 11 is 0. The Bertz CT molecular complexity index is 522. The third-order valence-corrected chi connectivity index (χ3v) is 5.83. The molecule has 0 bridgehead atoms. The highest BCUT2D eigenvalue weighted by molar-refractivity contribution is 5.51. The Morgan fingerprint density at radius 2 is 2.10 bits per heavy atom. The van der Waals surface area contributed by atoms with Crippen molar-refractivity contribution in [1.29, 1.82) is 0 Å². The van der Waals surface area contributed by atoms with Crippen molar-refractivity contribution in [3.05, 3.63) is 29.3 Å². The van der Waals surface area contributed by atoms with Crippen molar-refractivity contribution in [2.24, 2.45) is 0 Å². The minimum Gasteiger partial charge on any atom is -0.398 e. The monoisotopic (exact) mass is 286 g/mol. The summed E-state index contributed by atoms with van der Waals surface area (Å²) in [5.41, 5.74) is 10.1. The lowest BCUT2D eigenvalue weighted by atomic mass is 9.86. The van der Waals surface area contributed by atoms with E-state index in [4.69, 9.17) is 10.5 Å². The molecule has 1 aliphatic carbocycles. The average molecular weight is 286 g/mol. The van der Waals surface area contributed by atoms with Gasteiger partial charge in [0.2, 0.25) is 0 Å². The normalized spacial score (nSPS) is 28.7. The molecule has 3 nitrogen and oxygen atoms in total. The lowest BCUT2D eigenvalue weighted by Crippen LogP contribution is -2.49. The molecule has 114 valence electrons. The molecule has 1 aromatic rings. The summed E-state index contributed by atoms with van der Waals surface area (Å²) in [5.74, 6) is 0. The molecule has 3 heteroatoms. The maximum absolute atomic E-state index is 6.19. The zero-order chi connectivity index (χ0) is 14.3. The Labute approximate surface area is 127 Å². The Morgan fingerprint density at radius 3 is 2.95 bits per heavy atom. The molecular weight excluding hydrogens is 260 g/mol. The average Bonchev–Trinajstić information content (AvgIpc) is 2.95. The summed E-state index contributed by atoms with van der Waals surface area (Å²) in [5, 5.41) is 0. The number of rotatable bonds is 1. The maximum Gasteiger partial charge on any atom is 0.0697 e. The Hall–Kier alpha value is -1.06. The maximum atomic E-state index is 6.19. The van der Waals surface area contributed by atoms with Crippen LogP contribution in [0.3, 0.4) is 0 Å². The van der Waals surface area contributed by atoms with Crippen LogP contribution >= 0.6 is 0 Å². The molecular formula is C18H26N2O. The van der Waals surface area contributed by atoms with Crippen molar-refractivity contribution in [3.8, 4) is 0 Å². The molecule has 1 unspecified atom stereocenters. The van der Waals surface area contributed by atoms with Gasteiger partial charge in [0.25, 0.3) is 0 Å². The fourth-order valence-electron chi connectivity index (χ4n) is 4.65. The number of hydrogen-bond donors (Lipinski definition) is 1. The van der Waals surface area contributed by atoms with Gasteiger partial charge in [-0.05, 0) is 49.3 Å². The first-order chi connectivity index (χ1) is 10.3. The van der Waals surface area contributed by atoms with Crippen LogP contribution < -0.4 is 5.73 Å². The topological polar surface area (TPSA) is 38.5 Å². The van der Waals surface area contributed by atoms with Gasteiger partial charge in [0.05, 0.1) is 5.60 Å². The van der Waals surface area contributed by atoms with E-state index < -0.39 is 0 Å². The third-order valence-electron chi connectivity index (χ3n) is 5.83. The third kappa shape index (κ3) is 2.47. The molecule has 21 heavy (non-hydrogen) atoms. The summed E-state index contributed by atoms with van der Waals surface area (Å²) in [6.07, 6.45) is 8.80. The first kappa shape index (κ1) is 13.6. The number of benzene rings is 1. The van der Waals surface area contributed by atoms with Crippen molar-refractivity contribution in [1.82, 2.24) is 4.90 Å². The largest absolute Gasteiger partial charge is 0.398 e. The molecule has 2 heterocycles. The van der Waals surface area contributed by atoms with E-state index in [1.54, 1.807) is 0 Å². The summed E-state index contributed by atoms with van der Waals surface area (Å²) in [6, 6.07) is 7.09. The quantitative estimate of drug-likeness (QED) is 0.806. The van der Waals surface area contributed by atoms with Gasteiger partial charge in [0.1, 0.15) is 0 Å². The van der Waals surface area contributed by atoms with E-state index in [0.29, 0.717) is 6.04 Å². The summed E-state index contributed by atoms with van der Waals surface area (Å²) in [7, 11) is 0. The van der Waals surface area contributed by atoms with Gasteiger partial charge < -0.3 is 10.5 Å². The molecule has 0 aromatic heterocycles. The van der Waals surface area contributed by atoms with E-state index in [0.717, 1.165) is 31.8 Å². The van der Waals surface area contributed by atoms with Crippen LogP contribution in [0.15, 0.2) is 18.2 Å². The highest BCUT2D eigenvalue weighted by Crippen LogP contribution is 2.42. The Kier molecular flexibility index (Phi) is 3.43. The summed E-state index contributed by atoms with van der Waals surface area (Å²) < 4.78 is 6.19. The number of anilines is 1. The second kappa shape index (κ2) is 5.29. The van der Waals surface area contributed by atoms with Crippen LogP contribution in [0.1, 0.15) is 49.7 Å². The van der Waals surface area contributed by atoms with Crippen LogP contribution in [-0.4, -0.2) is 29.7 Å². The molecule has 3 aliphatic rings. The van der Waals surface area contributed by atoms with Crippen molar-refractivity contribution in [3.63, 3.8) is 0 Å². The lowest BCUT2D eigenvalue weighted by molar-refractivity contribution is -0.103. The van der Waals surface area contributed by atoms with Crippen LogP contribution in [0.4, 0.5) is 5.69 Å². The van der Waals surface area contributed by atoms with Gasteiger partial charge in [-0.25, -0.2) is 0 Å². The SMILES string of the molecule is Nc1cccc2c1CCN(C1CCOC3(CCCC3)C1)C2. The molecule has 0 radical (unpaired) electrons. The van der Waals surface area contributed by atoms with Gasteiger partial charge >= 0.3 is 0 Å². The number of nitrogens with two attached hydrogens (primary N) is 1. The molecule has 4 rings (SSSR count). The highest BCUT2D eigenvalue weighted by atomic mass is 16.5. The second-order valence-corrected chi connectivity index (χ2v) is 7.09. The highest BCUT2D eigenvalue weighted by Gasteiger charge is 2.41.